The van der Waals surface area contributed by atoms with Gasteiger partial charge in [-0.2, -0.15) is 0 Å². The van der Waals surface area contributed by atoms with Crippen LogP contribution in [0.15, 0.2) is 146 Å². The van der Waals surface area contributed by atoms with Crippen molar-refractivity contribution in [1.29, 1.82) is 0 Å². The molecule has 0 aromatic carbocycles. The highest BCUT2D eigenvalue weighted by molar-refractivity contribution is 5.70. The normalized spacial score (nSPS) is 13.3. The van der Waals surface area contributed by atoms with E-state index in [2.05, 4.69) is 160 Å². The highest BCUT2D eigenvalue weighted by atomic mass is 16.7. The van der Waals surface area contributed by atoms with Crippen LogP contribution in [0.2, 0.25) is 0 Å². The maximum atomic E-state index is 13.0. The molecule has 0 amide bonds. The Morgan fingerprint density at radius 2 is 0.533 bits per heavy atom. The molecule has 0 aliphatic carbocycles. The lowest BCUT2D eigenvalue weighted by Crippen LogP contribution is -2.44. The molecule has 9 nitrogen and oxygen atoms in total. The molecular formula is C98H169NO8. The summed E-state index contributed by atoms with van der Waals surface area (Å²) in [6.07, 6.45) is 124. The zero-order valence-electron chi connectivity index (χ0n) is 70.5. The minimum absolute atomic E-state index is 0.140. The molecule has 2 atom stereocenters. The Hall–Kier alpha value is -4.83. The summed E-state index contributed by atoms with van der Waals surface area (Å²) in [5.74, 6) is -2.29. The van der Waals surface area contributed by atoms with Crippen molar-refractivity contribution in [2.75, 3.05) is 47.5 Å². The van der Waals surface area contributed by atoms with E-state index in [1.54, 1.807) is 0 Å². The highest BCUT2D eigenvalue weighted by Gasteiger charge is 2.22. The van der Waals surface area contributed by atoms with Gasteiger partial charge in [0.2, 0.25) is 0 Å². The number of aliphatic carboxylic acids is 1. The van der Waals surface area contributed by atoms with Crippen molar-refractivity contribution in [2.24, 2.45) is 0 Å². The van der Waals surface area contributed by atoms with E-state index < -0.39 is 24.3 Å². The van der Waals surface area contributed by atoms with Crippen molar-refractivity contribution < 1.29 is 42.9 Å². The van der Waals surface area contributed by atoms with Gasteiger partial charge in [0.25, 0.3) is 0 Å². The third-order valence-electron chi connectivity index (χ3n) is 19.6. The minimum Gasteiger partial charge on any atom is -0.545 e. The number of carboxylic acid groups (broad SMARTS) is 1. The van der Waals surface area contributed by atoms with Crippen LogP contribution in [0.1, 0.15) is 399 Å². The maximum Gasteiger partial charge on any atom is 0.306 e. The van der Waals surface area contributed by atoms with Gasteiger partial charge in [-0.05, 0) is 122 Å². The first-order chi connectivity index (χ1) is 52.6. The summed E-state index contributed by atoms with van der Waals surface area (Å²) in [5, 5.41) is 11.9. The van der Waals surface area contributed by atoms with Crippen LogP contribution in [0.4, 0.5) is 0 Å². The van der Waals surface area contributed by atoms with Gasteiger partial charge in [0.15, 0.2) is 12.4 Å². The topological polar surface area (TPSA) is 111 Å². The quantitative estimate of drug-likeness (QED) is 0.0195. The fourth-order valence-electron chi connectivity index (χ4n) is 12.8. The molecule has 0 saturated carbocycles. The molecule has 0 radical (unpaired) electrons. The van der Waals surface area contributed by atoms with E-state index in [1.165, 1.54) is 250 Å². The molecule has 0 aromatic heterocycles. The number of nitrogens with zero attached hydrogens (tertiary/aromatic N) is 1. The van der Waals surface area contributed by atoms with E-state index in [0.717, 1.165) is 116 Å². The van der Waals surface area contributed by atoms with Gasteiger partial charge in [-0.25, -0.2) is 0 Å². The van der Waals surface area contributed by atoms with Crippen LogP contribution in [0.5, 0.6) is 0 Å². The number of hydrogen-bond donors (Lipinski definition) is 0. The third kappa shape index (κ3) is 88.3. The van der Waals surface area contributed by atoms with Crippen molar-refractivity contribution in [3.63, 3.8) is 0 Å². The molecule has 2 unspecified atom stereocenters. The fourth-order valence-corrected chi connectivity index (χ4v) is 12.8. The van der Waals surface area contributed by atoms with E-state index in [9.17, 15) is 19.5 Å². The van der Waals surface area contributed by atoms with Crippen molar-refractivity contribution in [1.82, 2.24) is 0 Å². The Morgan fingerprint density at radius 1 is 0.290 bits per heavy atom. The molecule has 0 aliphatic heterocycles. The van der Waals surface area contributed by atoms with Gasteiger partial charge >= 0.3 is 11.9 Å². The number of rotatable bonds is 83. The monoisotopic (exact) mass is 1490 g/mol. The number of quaternary nitrogens is 1. The maximum absolute atomic E-state index is 13.0. The van der Waals surface area contributed by atoms with Crippen molar-refractivity contribution >= 4 is 17.9 Å². The number of carbonyl (C=O) groups is 3. The molecule has 0 bridgehead atoms. The molecule has 0 N–H and O–H groups in total. The number of likely N-dealkylation sites (N-methyl/N-ethyl adjacent to an activating group) is 1. The first kappa shape index (κ1) is 102. The Bertz CT molecular complexity index is 2290. The van der Waals surface area contributed by atoms with Gasteiger partial charge < -0.3 is 33.3 Å². The summed E-state index contributed by atoms with van der Waals surface area (Å²) in [6.45, 7) is 4.66. The number of hydrogen-bond acceptors (Lipinski definition) is 8. The molecule has 107 heavy (non-hydrogen) atoms. The SMILES string of the molecule is CC/C=C\C/C=C\C/C=C\C/C=C\C/C=C\C/C=C\C/C=C\C/C=C\C/C=C\C/C=C\C/C=C\CCCCCCCCCC(=O)OC(COC(=O)CCCCCCCCCCCCCCCCCCCCCCCCCCCCCCC/C=C\CCCCCCCCCC)COC(OCC[N+](C)(C)C)C(=O)[O-]. The Labute approximate surface area is 662 Å². The van der Waals surface area contributed by atoms with Crippen LogP contribution in [0.25, 0.3) is 0 Å². The van der Waals surface area contributed by atoms with E-state index in [-0.39, 0.29) is 38.6 Å². The lowest BCUT2D eigenvalue weighted by molar-refractivity contribution is -0.870. The van der Waals surface area contributed by atoms with Crippen LogP contribution in [0, 0.1) is 0 Å². The average Bonchev–Trinajstić information content (AvgIpc) is 0.965. The highest BCUT2D eigenvalue weighted by Crippen LogP contribution is 2.19. The standard InChI is InChI=1S/C98H169NO8/c1-6-8-10-12-14-16-18-20-22-24-26-28-30-32-34-36-38-40-42-44-46-48-50-52-54-56-58-60-62-64-66-68-70-72-74-76-78-80-82-84-86-88-95(100)105-92-94(93-106-98(97(102)103)104-91-90-99(3,4)5)107-96(101)89-87-85-83-81-79-77-75-73-71-69-67-65-63-61-59-57-55-53-51-49-47-45-43-41-39-37-35-33-31-29-27-25-23-21-19-17-15-13-11-9-7-2/h9,11,15,17,21,23-24,26-27,29,33,35,39,41,45,47,51,53,57,59,63,65,69,71,94,98H,6-8,10,12-14,16,18-20,22,25,28,30-32,34,36-38,40,42-44,46,48-50,52,54-56,58,60-62,64,66-68,70,72-93H2,1-5H3/b11-9-,17-15-,23-21-,26-24-,29-27-,35-33-,41-39-,47-45-,53-51-,59-57-,65-63-,71-69-. The van der Waals surface area contributed by atoms with Crippen LogP contribution in [-0.2, 0) is 33.3 Å². The molecule has 9 heteroatoms. The number of carbonyl (C=O) groups excluding carboxylic acids is 3. The first-order valence-electron chi connectivity index (χ1n) is 45.0. The van der Waals surface area contributed by atoms with Crippen molar-refractivity contribution in [3.05, 3.63) is 146 Å². The van der Waals surface area contributed by atoms with Gasteiger partial charge in [-0.15, -0.1) is 0 Å². The fraction of sp³-hybridized carbons (Fsp3) is 0.724. The summed E-state index contributed by atoms with van der Waals surface area (Å²) in [5.41, 5.74) is 0. The molecular weight excluding hydrogens is 1320 g/mol. The van der Waals surface area contributed by atoms with E-state index >= 15 is 0 Å². The Morgan fingerprint density at radius 3 is 0.804 bits per heavy atom. The molecule has 0 rings (SSSR count). The van der Waals surface area contributed by atoms with E-state index in [1.807, 2.05) is 21.1 Å². The number of ether oxygens (including phenoxy) is 4. The summed E-state index contributed by atoms with van der Waals surface area (Å²) >= 11 is 0. The second-order valence-corrected chi connectivity index (χ2v) is 31.2. The third-order valence-corrected chi connectivity index (χ3v) is 19.6. The van der Waals surface area contributed by atoms with E-state index in [0.29, 0.717) is 17.4 Å². The lowest BCUT2D eigenvalue weighted by Gasteiger charge is -2.26. The van der Waals surface area contributed by atoms with Gasteiger partial charge in [0.1, 0.15) is 13.2 Å². The largest absolute Gasteiger partial charge is 0.545 e. The van der Waals surface area contributed by atoms with Gasteiger partial charge in [0, 0.05) is 12.8 Å². The van der Waals surface area contributed by atoms with Crippen LogP contribution < -0.4 is 5.11 Å². The number of carboxylic acids is 1. The molecule has 0 spiro atoms. The second-order valence-electron chi connectivity index (χ2n) is 31.2. The van der Waals surface area contributed by atoms with Crippen LogP contribution in [-0.4, -0.2) is 82.3 Å². The summed E-state index contributed by atoms with van der Waals surface area (Å²) in [4.78, 5) is 37.7. The zero-order chi connectivity index (χ0) is 77.4. The molecule has 0 saturated heterocycles. The van der Waals surface area contributed by atoms with Crippen LogP contribution in [0.3, 0.4) is 0 Å². The van der Waals surface area contributed by atoms with Gasteiger partial charge in [-0.1, -0.05) is 410 Å². The smallest absolute Gasteiger partial charge is 0.306 e. The lowest BCUT2D eigenvalue weighted by atomic mass is 10.0. The minimum atomic E-state index is -1.63. The van der Waals surface area contributed by atoms with Crippen molar-refractivity contribution in [3.8, 4) is 0 Å². The molecule has 0 heterocycles. The Balaban J connectivity index is 4.02. The van der Waals surface area contributed by atoms with Crippen molar-refractivity contribution in [2.45, 2.75) is 411 Å². The van der Waals surface area contributed by atoms with E-state index in [4.69, 9.17) is 18.9 Å². The Kier molecular flexibility index (Phi) is 82.8. The predicted octanol–water partition coefficient (Wildman–Crippen LogP) is 28.4. The summed E-state index contributed by atoms with van der Waals surface area (Å²) in [7, 11) is 5.94. The van der Waals surface area contributed by atoms with Crippen LogP contribution >= 0.6 is 0 Å². The number of unbranched alkanes of at least 4 members (excludes halogenated alkanes) is 44. The number of esters is 2. The molecule has 614 valence electrons. The first-order valence-corrected chi connectivity index (χ1v) is 45.0. The number of allylic oxidation sites excluding steroid dienone is 24. The molecule has 0 aromatic rings. The molecule has 0 fully saturated rings. The van der Waals surface area contributed by atoms with Gasteiger partial charge in [0.05, 0.1) is 40.3 Å². The zero-order valence-corrected chi connectivity index (χ0v) is 70.5. The van der Waals surface area contributed by atoms with Gasteiger partial charge in [-0.3, -0.25) is 9.59 Å². The summed E-state index contributed by atoms with van der Waals surface area (Å²) in [6, 6.07) is 0. The second kappa shape index (κ2) is 86.8. The predicted molar refractivity (Wildman–Crippen MR) is 462 cm³/mol. The summed E-state index contributed by atoms with van der Waals surface area (Å²) < 4.78 is 22.9. The average molecular weight is 1490 g/mol. The molecule has 0 aliphatic rings.